The van der Waals surface area contributed by atoms with Gasteiger partial charge in [0, 0.05) is 71.6 Å². The van der Waals surface area contributed by atoms with Crippen LogP contribution in [0.3, 0.4) is 0 Å². The lowest BCUT2D eigenvalue weighted by molar-refractivity contribution is -0.133. The highest BCUT2D eigenvalue weighted by molar-refractivity contribution is 5.82. The van der Waals surface area contributed by atoms with E-state index in [4.69, 9.17) is 17.2 Å². The van der Waals surface area contributed by atoms with Crippen LogP contribution in [0.5, 0.6) is 0 Å². The van der Waals surface area contributed by atoms with Crippen LogP contribution in [0, 0.1) is 0 Å². The van der Waals surface area contributed by atoms with Crippen LogP contribution in [-0.4, -0.2) is 115 Å². The molecule has 532 valence electrons. The number of hydrogen-bond donors (Lipinski definition) is 5. The summed E-state index contributed by atoms with van der Waals surface area (Å²) in [4.78, 5) is 73.6. The van der Waals surface area contributed by atoms with Gasteiger partial charge in [-0.1, -0.05) is 231 Å². The quantitative estimate of drug-likeness (QED) is 0.0293. The standard InChI is InChI=1S/C78H150N8O5/c1-5-9-13-16-19-22-25-28-31-34-37-40-43-46-49-60-74(87)84(68-55-64-83-78(91)73(81)59-54-63-79)66-52-53-67-85(75(88)61-50-47-44-41-38-35-32-29-26-23-20-17-14-10-6-2)70-57-71-86(69-56-65-82-77(90)72(80)58-12-8-4)76(89)62-51-48-45-42-39-36-33-30-27-24-21-18-15-11-7-3/h28-33,72-73H,5-27,34-71,79-81H2,1-4H3,(H,82,90)(H,83,91)/b31-28-,32-29-,33-30-/t72-,73-/m0/s1. The first kappa shape index (κ1) is 87.5. The fourth-order valence-electron chi connectivity index (χ4n) is 11.9. The first-order valence-electron chi connectivity index (χ1n) is 39.1. The third-order valence-electron chi connectivity index (χ3n) is 18.0. The minimum atomic E-state index is -0.588. The number of amides is 5. The SMILES string of the molecule is CCCCCCCC/C=C\CCCCCCCC(=O)N(CCCCN(CCCN(CCCNC(=O)[C@@H](N)CCCC)C(=O)CCCCCCC/C=C\CCCCCCCC)C(=O)CCCCCCC/C=C\CCCCCCCC)CCCNC(=O)[C@@H](N)CCCN. The first-order chi connectivity index (χ1) is 44.6. The predicted molar refractivity (Wildman–Crippen MR) is 391 cm³/mol. The largest absolute Gasteiger partial charge is 0.355 e. The molecule has 0 saturated heterocycles. The molecule has 0 rings (SSSR count). The van der Waals surface area contributed by atoms with E-state index >= 15 is 0 Å². The monoisotopic (exact) mass is 1280 g/mol. The highest BCUT2D eigenvalue weighted by Gasteiger charge is 2.20. The molecule has 0 bridgehead atoms. The molecule has 0 aromatic heterocycles. The average Bonchev–Trinajstić information content (AvgIpc) is 3.75. The Hall–Kier alpha value is -3.55. The number of allylic oxidation sites excluding steroid dienone is 6. The summed E-state index contributed by atoms with van der Waals surface area (Å²) in [6.45, 7) is 13.7. The minimum Gasteiger partial charge on any atom is -0.355 e. The zero-order chi connectivity index (χ0) is 66.6. The van der Waals surface area contributed by atoms with Crippen LogP contribution in [-0.2, 0) is 24.0 Å². The van der Waals surface area contributed by atoms with Gasteiger partial charge in [-0.25, -0.2) is 0 Å². The van der Waals surface area contributed by atoms with E-state index in [1.807, 2.05) is 14.7 Å². The fraction of sp³-hybridized carbons (Fsp3) is 0.859. The molecule has 0 unspecified atom stereocenters. The number of nitrogens with two attached hydrogens (primary N) is 3. The summed E-state index contributed by atoms with van der Waals surface area (Å²) in [7, 11) is 0. The Kier molecular flexibility index (Phi) is 66.6. The highest BCUT2D eigenvalue weighted by Crippen LogP contribution is 2.17. The van der Waals surface area contributed by atoms with Gasteiger partial charge >= 0.3 is 0 Å². The summed E-state index contributed by atoms with van der Waals surface area (Å²) in [6.07, 6.45) is 70.2. The van der Waals surface area contributed by atoms with Crippen molar-refractivity contribution in [1.82, 2.24) is 25.3 Å². The summed E-state index contributed by atoms with van der Waals surface area (Å²) in [5.74, 6) is 0.170. The third kappa shape index (κ3) is 58.7. The molecule has 91 heavy (non-hydrogen) atoms. The van der Waals surface area contributed by atoms with E-state index in [1.165, 1.54) is 173 Å². The van der Waals surface area contributed by atoms with Crippen LogP contribution in [0.4, 0.5) is 0 Å². The third-order valence-corrected chi connectivity index (χ3v) is 18.0. The molecule has 2 atom stereocenters. The molecule has 0 saturated carbocycles. The predicted octanol–water partition coefficient (Wildman–Crippen LogP) is 18.4. The number of unbranched alkanes of at least 4 members (excludes halogenated alkanes) is 35. The van der Waals surface area contributed by atoms with Crippen molar-refractivity contribution in [2.24, 2.45) is 17.2 Å². The van der Waals surface area contributed by atoms with Crippen molar-refractivity contribution in [3.05, 3.63) is 36.5 Å². The lowest BCUT2D eigenvalue weighted by Crippen LogP contribution is -2.42. The van der Waals surface area contributed by atoms with Crippen LogP contribution in [0.1, 0.15) is 362 Å². The molecule has 0 aliphatic carbocycles. The molecule has 0 heterocycles. The molecule has 0 radical (unpaired) electrons. The molecule has 0 aromatic carbocycles. The second-order valence-electron chi connectivity index (χ2n) is 26.8. The molecule has 13 nitrogen and oxygen atoms in total. The van der Waals surface area contributed by atoms with E-state index < -0.39 is 12.1 Å². The van der Waals surface area contributed by atoms with Crippen molar-refractivity contribution in [2.45, 2.75) is 374 Å². The zero-order valence-corrected chi connectivity index (χ0v) is 60.4. The Morgan fingerprint density at radius 3 is 0.824 bits per heavy atom. The van der Waals surface area contributed by atoms with Crippen LogP contribution in [0.2, 0.25) is 0 Å². The number of carbonyl (C=O) groups is 5. The minimum absolute atomic E-state index is 0.130. The summed E-state index contributed by atoms with van der Waals surface area (Å²) in [6, 6.07) is -1.11. The van der Waals surface area contributed by atoms with E-state index in [2.05, 4.69) is 74.8 Å². The zero-order valence-electron chi connectivity index (χ0n) is 60.4. The topological polar surface area (TPSA) is 197 Å². The van der Waals surface area contributed by atoms with Gasteiger partial charge in [0.15, 0.2) is 0 Å². The van der Waals surface area contributed by atoms with Crippen molar-refractivity contribution in [1.29, 1.82) is 0 Å². The maximum Gasteiger partial charge on any atom is 0.236 e. The number of nitrogens with one attached hydrogen (secondary N) is 2. The molecule has 0 spiro atoms. The molecule has 0 aliphatic rings. The summed E-state index contributed by atoms with van der Waals surface area (Å²) in [5.41, 5.74) is 18.0. The van der Waals surface area contributed by atoms with Gasteiger partial charge in [0.1, 0.15) is 0 Å². The number of carbonyl (C=O) groups excluding carboxylic acids is 5. The lowest BCUT2D eigenvalue weighted by atomic mass is 10.1. The second kappa shape index (κ2) is 69.3. The normalized spacial score (nSPS) is 12.4. The summed E-state index contributed by atoms with van der Waals surface area (Å²) in [5, 5.41) is 6.00. The molecule has 8 N–H and O–H groups in total. The first-order valence-corrected chi connectivity index (χ1v) is 39.1. The van der Waals surface area contributed by atoms with Crippen molar-refractivity contribution in [2.75, 3.05) is 58.9 Å². The van der Waals surface area contributed by atoms with Gasteiger partial charge in [-0.05, 0) is 154 Å². The average molecular weight is 1280 g/mol. The Morgan fingerprint density at radius 1 is 0.297 bits per heavy atom. The van der Waals surface area contributed by atoms with E-state index in [0.717, 1.165) is 103 Å². The maximum atomic E-state index is 14.2. The smallest absolute Gasteiger partial charge is 0.236 e. The highest BCUT2D eigenvalue weighted by atomic mass is 16.2. The van der Waals surface area contributed by atoms with E-state index in [0.29, 0.717) is 117 Å². The van der Waals surface area contributed by atoms with Gasteiger partial charge in [0.05, 0.1) is 12.1 Å². The fourth-order valence-corrected chi connectivity index (χ4v) is 11.9. The second-order valence-corrected chi connectivity index (χ2v) is 26.8. The molecular weight excluding hydrogens is 1130 g/mol. The Labute approximate surface area is 562 Å². The van der Waals surface area contributed by atoms with Crippen LogP contribution in [0.25, 0.3) is 0 Å². The molecule has 13 heteroatoms. The van der Waals surface area contributed by atoms with Gasteiger partial charge in [-0.2, -0.15) is 0 Å². The maximum absolute atomic E-state index is 14.2. The van der Waals surface area contributed by atoms with Gasteiger partial charge in [0.25, 0.3) is 0 Å². The van der Waals surface area contributed by atoms with Crippen molar-refractivity contribution < 1.29 is 24.0 Å². The van der Waals surface area contributed by atoms with Crippen LogP contribution in [0.15, 0.2) is 36.5 Å². The molecule has 5 amide bonds. The Bertz CT molecular complexity index is 1740. The van der Waals surface area contributed by atoms with Crippen LogP contribution >= 0.6 is 0 Å². The molecule has 0 fully saturated rings. The number of nitrogens with zero attached hydrogens (tertiary/aromatic N) is 3. The van der Waals surface area contributed by atoms with E-state index in [-0.39, 0.29) is 29.5 Å². The van der Waals surface area contributed by atoms with Crippen molar-refractivity contribution in [3.8, 4) is 0 Å². The lowest BCUT2D eigenvalue weighted by Gasteiger charge is -2.27. The molecule has 0 aliphatic heterocycles. The van der Waals surface area contributed by atoms with Crippen molar-refractivity contribution in [3.63, 3.8) is 0 Å². The number of hydrogen-bond acceptors (Lipinski definition) is 8. The van der Waals surface area contributed by atoms with Crippen LogP contribution < -0.4 is 27.8 Å². The Morgan fingerprint density at radius 2 is 0.538 bits per heavy atom. The summed E-state index contributed by atoms with van der Waals surface area (Å²) >= 11 is 0. The number of rotatable bonds is 70. The van der Waals surface area contributed by atoms with Gasteiger partial charge in [-0.3, -0.25) is 24.0 Å². The van der Waals surface area contributed by atoms with Gasteiger partial charge < -0.3 is 42.5 Å². The van der Waals surface area contributed by atoms with E-state index in [9.17, 15) is 24.0 Å². The van der Waals surface area contributed by atoms with Gasteiger partial charge in [-0.15, -0.1) is 0 Å². The van der Waals surface area contributed by atoms with Gasteiger partial charge in [0.2, 0.25) is 29.5 Å². The summed E-state index contributed by atoms with van der Waals surface area (Å²) < 4.78 is 0. The van der Waals surface area contributed by atoms with E-state index in [1.54, 1.807) is 0 Å². The molecular formula is C78H150N8O5. The van der Waals surface area contributed by atoms with Crippen molar-refractivity contribution >= 4 is 29.5 Å². The Balaban J connectivity index is 5.84. The molecule has 0 aromatic rings.